The van der Waals surface area contributed by atoms with E-state index in [1.165, 1.54) is 0 Å². The first-order valence-electron chi connectivity index (χ1n) is 5.95. The lowest BCUT2D eigenvalue weighted by molar-refractivity contribution is 0.442. The van der Waals surface area contributed by atoms with Crippen molar-refractivity contribution in [2.45, 2.75) is 19.9 Å². The van der Waals surface area contributed by atoms with Gasteiger partial charge in [0, 0.05) is 4.88 Å². The third-order valence-corrected chi connectivity index (χ3v) is 3.71. The van der Waals surface area contributed by atoms with E-state index in [4.69, 9.17) is 0 Å². The van der Waals surface area contributed by atoms with Gasteiger partial charge in [0.05, 0.1) is 6.04 Å². The number of hydrogen-bond acceptors (Lipinski definition) is 2. The highest BCUT2D eigenvalue weighted by Crippen LogP contribution is 2.28. The van der Waals surface area contributed by atoms with Gasteiger partial charge in [0.15, 0.2) is 17.5 Å². The van der Waals surface area contributed by atoms with Crippen LogP contribution in [-0.2, 0) is 0 Å². The summed E-state index contributed by atoms with van der Waals surface area (Å²) in [7, 11) is 0. The Balaban J connectivity index is 2.44. The van der Waals surface area contributed by atoms with Crippen molar-refractivity contribution >= 4 is 11.3 Å². The van der Waals surface area contributed by atoms with Crippen molar-refractivity contribution in [3.8, 4) is 0 Å². The van der Waals surface area contributed by atoms with Gasteiger partial charge in [0.25, 0.3) is 0 Å². The minimum absolute atomic E-state index is 0.334. The van der Waals surface area contributed by atoms with Crippen molar-refractivity contribution in [1.29, 1.82) is 0 Å². The van der Waals surface area contributed by atoms with E-state index in [1.807, 2.05) is 25.3 Å². The molecule has 0 amide bonds. The fraction of sp³-hybridized carbons (Fsp3) is 0.286. The lowest BCUT2D eigenvalue weighted by Gasteiger charge is -2.17. The van der Waals surface area contributed by atoms with Crippen molar-refractivity contribution in [3.05, 3.63) is 57.0 Å². The smallest absolute Gasteiger partial charge is 0.194 e. The van der Waals surface area contributed by atoms with E-state index in [2.05, 4.69) is 5.32 Å². The Kier molecular flexibility index (Phi) is 4.27. The molecule has 0 fully saturated rings. The van der Waals surface area contributed by atoms with Crippen LogP contribution in [0.3, 0.4) is 0 Å². The van der Waals surface area contributed by atoms with Crippen molar-refractivity contribution in [2.75, 3.05) is 6.54 Å². The Labute approximate surface area is 114 Å². The summed E-state index contributed by atoms with van der Waals surface area (Å²) in [5.41, 5.74) is 1.31. The quantitative estimate of drug-likeness (QED) is 0.831. The largest absolute Gasteiger partial charge is 0.307 e. The average Bonchev–Trinajstić information content (AvgIpc) is 2.79. The zero-order chi connectivity index (χ0) is 14.0. The third kappa shape index (κ3) is 2.98. The van der Waals surface area contributed by atoms with Gasteiger partial charge in [-0.15, -0.1) is 11.3 Å². The van der Waals surface area contributed by atoms with Gasteiger partial charge < -0.3 is 5.32 Å². The first-order valence-corrected chi connectivity index (χ1v) is 6.83. The highest BCUT2D eigenvalue weighted by atomic mass is 32.1. The van der Waals surface area contributed by atoms with Gasteiger partial charge in [0.1, 0.15) is 0 Å². The number of benzene rings is 1. The first-order chi connectivity index (χ1) is 9.02. The van der Waals surface area contributed by atoms with Crippen LogP contribution in [0.1, 0.15) is 29.0 Å². The molecule has 2 aromatic rings. The molecule has 1 aromatic carbocycles. The van der Waals surface area contributed by atoms with Crippen LogP contribution in [-0.4, -0.2) is 6.54 Å². The van der Waals surface area contributed by atoms with Crippen LogP contribution in [0.25, 0.3) is 0 Å². The van der Waals surface area contributed by atoms with Crippen molar-refractivity contribution in [3.63, 3.8) is 0 Å². The number of aryl methyl sites for hydroxylation is 1. The Hall–Kier alpha value is -1.33. The number of hydrogen-bond donors (Lipinski definition) is 1. The molecule has 0 aliphatic heterocycles. The number of rotatable bonds is 4. The number of thiophene rings is 1. The molecule has 0 saturated carbocycles. The van der Waals surface area contributed by atoms with Crippen LogP contribution in [0, 0.1) is 24.4 Å². The summed E-state index contributed by atoms with van der Waals surface area (Å²) in [4.78, 5) is 1.11. The molecule has 19 heavy (non-hydrogen) atoms. The Morgan fingerprint density at radius 3 is 2.21 bits per heavy atom. The highest BCUT2D eigenvalue weighted by molar-refractivity contribution is 7.10. The minimum atomic E-state index is -1.43. The zero-order valence-electron chi connectivity index (χ0n) is 10.6. The predicted octanol–water partition coefficient (Wildman–Crippen LogP) is 4.17. The molecule has 5 heteroatoms. The molecule has 1 nitrogen and oxygen atoms in total. The first kappa shape index (κ1) is 14.1. The number of halogens is 3. The maximum Gasteiger partial charge on any atom is 0.194 e. The standard InChI is InChI=1S/C14H14F3NS/c1-3-18-14(10-4-8(2)19-7-10)9-5-11(15)13(17)12(16)6-9/h4-7,14,18H,3H2,1-2H3. The normalized spacial score (nSPS) is 12.7. The molecule has 2 rings (SSSR count). The van der Waals surface area contributed by atoms with Gasteiger partial charge >= 0.3 is 0 Å². The van der Waals surface area contributed by atoms with E-state index < -0.39 is 17.5 Å². The van der Waals surface area contributed by atoms with Gasteiger partial charge in [-0.05, 0) is 48.2 Å². The Morgan fingerprint density at radius 2 is 1.74 bits per heavy atom. The van der Waals surface area contributed by atoms with Crippen molar-refractivity contribution in [1.82, 2.24) is 5.32 Å². The molecule has 0 aliphatic rings. The van der Waals surface area contributed by atoms with Gasteiger partial charge in [-0.25, -0.2) is 13.2 Å². The summed E-state index contributed by atoms with van der Waals surface area (Å²) < 4.78 is 39.6. The van der Waals surface area contributed by atoms with Crippen LogP contribution in [0.15, 0.2) is 23.6 Å². The fourth-order valence-corrected chi connectivity index (χ4v) is 2.72. The predicted molar refractivity (Wildman–Crippen MR) is 70.9 cm³/mol. The van der Waals surface area contributed by atoms with E-state index in [0.29, 0.717) is 12.1 Å². The molecule has 1 unspecified atom stereocenters. The van der Waals surface area contributed by atoms with Crippen LogP contribution in [0.5, 0.6) is 0 Å². The lowest BCUT2D eigenvalue weighted by Crippen LogP contribution is -2.22. The van der Waals surface area contributed by atoms with Crippen molar-refractivity contribution in [2.24, 2.45) is 0 Å². The monoisotopic (exact) mass is 285 g/mol. The Bertz CT molecular complexity index is 557. The molecule has 102 valence electrons. The highest BCUT2D eigenvalue weighted by Gasteiger charge is 2.19. The molecule has 0 aliphatic carbocycles. The van der Waals surface area contributed by atoms with Crippen LogP contribution < -0.4 is 5.32 Å². The second-order valence-corrected chi connectivity index (χ2v) is 5.40. The van der Waals surface area contributed by atoms with Crippen LogP contribution in [0.4, 0.5) is 13.2 Å². The Morgan fingerprint density at radius 1 is 1.11 bits per heavy atom. The number of nitrogens with one attached hydrogen (secondary N) is 1. The van der Waals surface area contributed by atoms with E-state index in [1.54, 1.807) is 11.3 Å². The molecule has 1 aromatic heterocycles. The van der Waals surface area contributed by atoms with Crippen LogP contribution >= 0.6 is 11.3 Å². The van der Waals surface area contributed by atoms with Gasteiger partial charge in [-0.2, -0.15) is 0 Å². The molecule has 0 radical (unpaired) electrons. The molecule has 1 N–H and O–H groups in total. The molecule has 1 atom stereocenters. The summed E-state index contributed by atoms with van der Waals surface area (Å²) in [5, 5.41) is 5.09. The molecular formula is C14H14F3NS. The maximum absolute atomic E-state index is 13.3. The van der Waals surface area contributed by atoms with E-state index >= 15 is 0 Å². The topological polar surface area (TPSA) is 12.0 Å². The molecule has 0 bridgehead atoms. The summed E-state index contributed by atoms with van der Waals surface area (Å²) >= 11 is 1.56. The second-order valence-electron chi connectivity index (χ2n) is 4.28. The summed E-state index contributed by atoms with van der Waals surface area (Å²) in [6.45, 7) is 4.51. The second kappa shape index (κ2) is 5.75. The van der Waals surface area contributed by atoms with Crippen molar-refractivity contribution < 1.29 is 13.2 Å². The van der Waals surface area contributed by atoms with Gasteiger partial charge in [-0.1, -0.05) is 6.92 Å². The van der Waals surface area contributed by atoms with E-state index in [-0.39, 0.29) is 6.04 Å². The maximum atomic E-state index is 13.3. The lowest BCUT2D eigenvalue weighted by atomic mass is 10.0. The average molecular weight is 285 g/mol. The molecule has 1 heterocycles. The van der Waals surface area contributed by atoms with E-state index in [0.717, 1.165) is 22.6 Å². The summed E-state index contributed by atoms with van der Waals surface area (Å²) in [6, 6.07) is 3.70. The summed E-state index contributed by atoms with van der Waals surface area (Å²) in [5.74, 6) is -3.75. The third-order valence-electron chi connectivity index (χ3n) is 2.83. The van der Waals surface area contributed by atoms with E-state index in [9.17, 15) is 13.2 Å². The van der Waals surface area contributed by atoms with Gasteiger partial charge in [-0.3, -0.25) is 0 Å². The van der Waals surface area contributed by atoms with Crippen LogP contribution in [0.2, 0.25) is 0 Å². The zero-order valence-corrected chi connectivity index (χ0v) is 11.5. The fourth-order valence-electron chi connectivity index (χ4n) is 1.99. The van der Waals surface area contributed by atoms with Gasteiger partial charge in [0.2, 0.25) is 0 Å². The summed E-state index contributed by atoms with van der Waals surface area (Å²) in [6.07, 6.45) is 0. The molecular weight excluding hydrogens is 271 g/mol. The SMILES string of the molecule is CCNC(c1csc(C)c1)c1cc(F)c(F)c(F)c1. The molecule has 0 saturated heterocycles. The minimum Gasteiger partial charge on any atom is -0.307 e. The molecule has 0 spiro atoms.